The van der Waals surface area contributed by atoms with Crippen LogP contribution in [0.2, 0.25) is 0 Å². The van der Waals surface area contributed by atoms with Crippen LogP contribution in [0.3, 0.4) is 0 Å². The van der Waals surface area contributed by atoms with E-state index in [-0.39, 0.29) is 5.91 Å². The van der Waals surface area contributed by atoms with E-state index >= 15 is 0 Å². The molecule has 1 amide bonds. The van der Waals surface area contributed by atoms with Gasteiger partial charge in [0.15, 0.2) is 16.7 Å². The molecule has 0 unspecified atom stereocenters. The van der Waals surface area contributed by atoms with E-state index in [1.165, 1.54) is 37.4 Å². The highest BCUT2D eigenvalue weighted by molar-refractivity contribution is 7.99. The second kappa shape index (κ2) is 7.07. The number of anilines is 1. The molecule has 2 aromatic rings. The molecule has 3 aliphatic rings. The number of hydrogen-bond acceptors (Lipinski definition) is 6. The molecule has 0 spiro atoms. The number of carbonyl (C=O) groups excluding carboxylic acids is 1. The molecule has 2 aliphatic carbocycles. The van der Waals surface area contributed by atoms with Gasteiger partial charge in [0.2, 0.25) is 5.91 Å². The number of ether oxygens (including phenoxy) is 2. The number of rotatable bonds is 6. The highest BCUT2D eigenvalue weighted by atomic mass is 32.2. The van der Waals surface area contributed by atoms with Crippen molar-refractivity contribution in [2.24, 2.45) is 0 Å². The fourth-order valence-corrected chi connectivity index (χ4v) is 4.06. The van der Waals surface area contributed by atoms with Crippen molar-refractivity contribution in [3.8, 4) is 11.5 Å². The maximum atomic E-state index is 12.4. The zero-order valence-corrected chi connectivity index (χ0v) is 15.8. The van der Waals surface area contributed by atoms with Crippen LogP contribution in [0, 0.1) is 0 Å². The number of carbonyl (C=O) groups is 1. The Kier molecular flexibility index (Phi) is 4.43. The largest absolute Gasteiger partial charge is 0.490 e. The van der Waals surface area contributed by atoms with E-state index in [1.54, 1.807) is 0 Å². The van der Waals surface area contributed by atoms with Gasteiger partial charge in [-0.3, -0.25) is 4.79 Å². The molecule has 1 aromatic heterocycles. The summed E-state index contributed by atoms with van der Waals surface area (Å²) in [7, 11) is 0. The molecule has 1 N–H and O–H groups in total. The van der Waals surface area contributed by atoms with Gasteiger partial charge in [0.25, 0.3) is 0 Å². The minimum atomic E-state index is -0.0622. The van der Waals surface area contributed by atoms with Crippen molar-refractivity contribution in [2.75, 3.05) is 24.3 Å². The first-order valence-electron chi connectivity index (χ1n) is 9.55. The Morgan fingerprint density at radius 3 is 2.74 bits per heavy atom. The van der Waals surface area contributed by atoms with E-state index in [0.717, 1.165) is 23.2 Å². The lowest BCUT2D eigenvalue weighted by atomic mass is 10.2. The fraction of sp³-hybridized carbons (Fsp3) is 0.526. The summed E-state index contributed by atoms with van der Waals surface area (Å²) in [5, 5.41) is 12.5. The van der Waals surface area contributed by atoms with Gasteiger partial charge in [0.05, 0.1) is 19.0 Å². The van der Waals surface area contributed by atoms with Crippen molar-refractivity contribution in [1.29, 1.82) is 0 Å². The summed E-state index contributed by atoms with van der Waals surface area (Å²) in [4.78, 5) is 12.4. The third kappa shape index (κ3) is 3.76. The van der Waals surface area contributed by atoms with Crippen molar-refractivity contribution < 1.29 is 14.3 Å². The topological polar surface area (TPSA) is 78.3 Å². The molecule has 0 radical (unpaired) electrons. The van der Waals surface area contributed by atoms with Crippen molar-refractivity contribution in [3.63, 3.8) is 0 Å². The van der Waals surface area contributed by atoms with Gasteiger partial charge >= 0.3 is 0 Å². The van der Waals surface area contributed by atoms with Gasteiger partial charge < -0.3 is 19.4 Å². The number of amides is 1. The second-order valence-corrected chi connectivity index (χ2v) is 8.21. The number of fused-ring (bicyclic) bond motifs is 1. The molecule has 7 nitrogen and oxygen atoms in total. The average Bonchev–Trinajstić information content (AvgIpc) is 3.57. The van der Waals surface area contributed by atoms with Crippen molar-refractivity contribution in [3.05, 3.63) is 24.0 Å². The molecular weight excluding hydrogens is 364 g/mol. The zero-order chi connectivity index (χ0) is 18.2. The van der Waals surface area contributed by atoms with Crippen molar-refractivity contribution in [2.45, 2.75) is 49.2 Å². The molecule has 0 saturated heterocycles. The Morgan fingerprint density at radius 1 is 1.15 bits per heavy atom. The van der Waals surface area contributed by atoms with E-state index in [4.69, 9.17) is 9.47 Å². The summed E-state index contributed by atoms with van der Waals surface area (Å²) >= 11 is 1.46. The smallest absolute Gasteiger partial charge is 0.234 e. The van der Waals surface area contributed by atoms with Crippen LogP contribution in [-0.2, 0) is 4.79 Å². The first kappa shape index (κ1) is 16.9. The highest BCUT2D eigenvalue weighted by Gasteiger charge is 2.36. The molecule has 27 heavy (non-hydrogen) atoms. The molecule has 5 rings (SSSR count). The SMILES string of the molecule is O=C(CSc1nnc(C2CC2)n1C1CC1)Nc1ccc2c(c1)OCCCO2. The van der Waals surface area contributed by atoms with E-state index in [0.29, 0.717) is 42.4 Å². The molecular formula is C19H22N4O3S. The zero-order valence-electron chi connectivity index (χ0n) is 15.0. The highest BCUT2D eigenvalue weighted by Crippen LogP contribution is 2.46. The lowest BCUT2D eigenvalue weighted by molar-refractivity contribution is -0.113. The summed E-state index contributed by atoms with van der Waals surface area (Å²) < 4.78 is 13.6. The fourth-order valence-electron chi connectivity index (χ4n) is 3.25. The lowest BCUT2D eigenvalue weighted by Gasteiger charge is -2.11. The summed E-state index contributed by atoms with van der Waals surface area (Å²) in [5.74, 6) is 3.34. The van der Waals surface area contributed by atoms with Gasteiger partial charge in [-0.2, -0.15) is 0 Å². The Hall–Kier alpha value is -2.22. The van der Waals surface area contributed by atoms with E-state index < -0.39 is 0 Å². The van der Waals surface area contributed by atoms with Crippen molar-refractivity contribution >= 4 is 23.4 Å². The minimum Gasteiger partial charge on any atom is -0.490 e. The monoisotopic (exact) mass is 386 g/mol. The average molecular weight is 386 g/mol. The number of aromatic nitrogens is 3. The predicted octanol–water partition coefficient (Wildman–Crippen LogP) is 3.38. The Balaban J connectivity index is 1.22. The van der Waals surface area contributed by atoms with Crippen LogP contribution >= 0.6 is 11.8 Å². The molecule has 1 aromatic carbocycles. The molecule has 8 heteroatoms. The first-order chi connectivity index (χ1) is 13.3. The van der Waals surface area contributed by atoms with Crippen LogP contribution in [-0.4, -0.2) is 39.6 Å². The maximum absolute atomic E-state index is 12.4. The van der Waals surface area contributed by atoms with Crippen LogP contribution in [0.25, 0.3) is 0 Å². The molecule has 2 fully saturated rings. The first-order valence-corrected chi connectivity index (χ1v) is 10.5. The summed E-state index contributed by atoms with van der Waals surface area (Å²) in [6, 6.07) is 6.03. The summed E-state index contributed by atoms with van der Waals surface area (Å²) in [6.07, 6.45) is 5.65. The van der Waals surface area contributed by atoms with E-state index in [1.807, 2.05) is 18.2 Å². The van der Waals surface area contributed by atoms with Gasteiger partial charge in [-0.25, -0.2) is 0 Å². The van der Waals surface area contributed by atoms with E-state index in [9.17, 15) is 4.79 Å². The van der Waals surface area contributed by atoms with Crippen LogP contribution in [0.15, 0.2) is 23.4 Å². The second-order valence-electron chi connectivity index (χ2n) is 7.27. The predicted molar refractivity (Wildman–Crippen MR) is 102 cm³/mol. The van der Waals surface area contributed by atoms with Gasteiger partial charge in [0, 0.05) is 30.1 Å². The third-order valence-corrected chi connectivity index (χ3v) is 5.85. The number of nitrogens with zero attached hydrogens (tertiary/aromatic N) is 3. The number of nitrogens with one attached hydrogen (secondary N) is 1. The van der Waals surface area contributed by atoms with Crippen molar-refractivity contribution in [1.82, 2.24) is 14.8 Å². The lowest BCUT2D eigenvalue weighted by Crippen LogP contribution is -2.15. The molecule has 2 saturated carbocycles. The number of hydrogen-bond donors (Lipinski definition) is 1. The van der Waals surface area contributed by atoms with Gasteiger partial charge in [-0.1, -0.05) is 11.8 Å². The molecule has 2 heterocycles. The van der Waals surface area contributed by atoms with Gasteiger partial charge in [0.1, 0.15) is 5.82 Å². The standard InChI is InChI=1S/C19H22N4O3S/c24-17(20-13-4-7-15-16(10-13)26-9-1-8-25-15)11-27-19-22-21-18(12-2-3-12)23(19)14-5-6-14/h4,7,10,12,14H,1-3,5-6,8-9,11H2,(H,20,24). The Bertz CT molecular complexity index is 861. The van der Waals surface area contributed by atoms with Crippen LogP contribution in [0.5, 0.6) is 11.5 Å². The summed E-state index contributed by atoms with van der Waals surface area (Å²) in [5.41, 5.74) is 0.715. The van der Waals surface area contributed by atoms with Gasteiger partial charge in [-0.05, 0) is 37.8 Å². The Labute approximate surface area is 161 Å². The normalized spacial score (nSPS) is 18.8. The molecule has 0 atom stereocenters. The van der Waals surface area contributed by atoms with Gasteiger partial charge in [-0.15, -0.1) is 10.2 Å². The molecule has 0 bridgehead atoms. The van der Waals surface area contributed by atoms with Crippen LogP contribution in [0.1, 0.15) is 49.9 Å². The van der Waals surface area contributed by atoms with E-state index in [2.05, 4.69) is 20.1 Å². The van der Waals surface area contributed by atoms with Crippen LogP contribution < -0.4 is 14.8 Å². The minimum absolute atomic E-state index is 0.0622. The quantitative estimate of drug-likeness (QED) is 0.767. The number of thioether (sulfide) groups is 1. The summed E-state index contributed by atoms with van der Waals surface area (Å²) in [6.45, 7) is 1.28. The third-order valence-electron chi connectivity index (χ3n) is 4.91. The van der Waals surface area contributed by atoms with Crippen LogP contribution in [0.4, 0.5) is 5.69 Å². The Morgan fingerprint density at radius 2 is 1.96 bits per heavy atom. The molecule has 1 aliphatic heterocycles. The number of benzene rings is 1. The molecule has 142 valence electrons. The maximum Gasteiger partial charge on any atom is 0.234 e.